The fourth-order valence-electron chi connectivity index (χ4n) is 5.04. The Balaban J connectivity index is 1.25. The number of nitrogens with zero attached hydrogens (tertiary/aromatic N) is 5. The van der Waals surface area contributed by atoms with Crippen molar-refractivity contribution in [2.45, 2.75) is 54.3 Å². The molecule has 0 saturated carbocycles. The van der Waals surface area contributed by atoms with Crippen LogP contribution in [0.2, 0.25) is 0 Å². The van der Waals surface area contributed by atoms with E-state index < -0.39 is 90.5 Å². The number of hydrogen-bond acceptors (Lipinski definition) is 20. The summed E-state index contributed by atoms with van der Waals surface area (Å²) in [7, 11) is -16.1. The third kappa shape index (κ3) is 8.44. The predicted octanol–water partition coefficient (Wildman–Crippen LogP) is -1.66. The van der Waals surface area contributed by atoms with Crippen LogP contribution < -0.4 is 11.5 Å². The van der Waals surface area contributed by atoms with E-state index in [1.165, 1.54) is 23.4 Å². The molecule has 5 rings (SSSR count). The van der Waals surface area contributed by atoms with E-state index in [1.54, 1.807) is 0 Å². The number of carbonyl (C=O) groups is 1. The molecule has 29 heteroatoms. The summed E-state index contributed by atoms with van der Waals surface area (Å²) >= 11 is 4.01. The molecular weight excluding hydrogens is 779 g/mol. The number of fused-ring (bicyclic) bond motifs is 1. The minimum absolute atomic E-state index is 0.0288. The standard InChI is InChI=1S/C21H30N7O17P3S2/c22-16-11-18(25-7-24-16)28(8-26-11)20-14(44-46(33,34)35)15(31)21(43-20,50-49)6-41-48(38,39)45-47(36,37)40-5-10-12(29)13(30)19(42-10)27-3-1-2-9(4-27)17(23)32/h1,3-4,7-8,10,12-15,19-20,29-31,49H,2,5-6H2,(H2,23,32)(H,36,37)(H,38,39)(H2,22,24,25)(H2,33,34,35)/t10-,12-,13-,14-,15-,19-,20-,21-/m1/s1. The molecule has 3 aliphatic heterocycles. The molecule has 0 aromatic carbocycles. The van der Waals surface area contributed by atoms with Crippen LogP contribution in [0.15, 0.2) is 36.7 Å². The van der Waals surface area contributed by atoms with Crippen LogP contribution >= 0.6 is 45.9 Å². The van der Waals surface area contributed by atoms with Crippen LogP contribution in [0.25, 0.3) is 11.2 Å². The second kappa shape index (κ2) is 14.8. The molecule has 0 bridgehead atoms. The van der Waals surface area contributed by atoms with Crippen molar-refractivity contribution in [1.29, 1.82) is 0 Å². The molecule has 0 aliphatic carbocycles. The summed E-state index contributed by atoms with van der Waals surface area (Å²) in [5, 5.41) is 32.0. The highest BCUT2D eigenvalue weighted by molar-refractivity contribution is 8.69. The van der Waals surface area contributed by atoms with Crippen LogP contribution in [0.4, 0.5) is 5.82 Å². The number of imidazole rings is 1. The summed E-state index contributed by atoms with van der Waals surface area (Å²) in [5.74, 6) is -0.817. The van der Waals surface area contributed by atoms with Crippen LogP contribution in [-0.2, 0) is 45.8 Å². The van der Waals surface area contributed by atoms with Crippen LogP contribution in [0.5, 0.6) is 0 Å². The molecule has 2 fully saturated rings. The minimum atomic E-state index is -5.62. The van der Waals surface area contributed by atoms with Gasteiger partial charge in [-0.1, -0.05) is 16.9 Å². The van der Waals surface area contributed by atoms with Crippen LogP contribution in [0.3, 0.4) is 0 Å². The number of primary amides is 1. The first-order chi connectivity index (χ1) is 23.3. The number of aliphatic hydroxyl groups is 3. The Bertz CT molecular complexity index is 1820. The summed E-state index contributed by atoms with van der Waals surface area (Å²) in [6, 6.07) is 0. The Hall–Kier alpha value is -2.03. The lowest BCUT2D eigenvalue weighted by Crippen LogP contribution is -2.43. The lowest BCUT2D eigenvalue weighted by molar-refractivity contribution is -0.115. The molecule has 1 amide bonds. The summed E-state index contributed by atoms with van der Waals surface area (Å²) < 4.78 is 68.2. The third-order valence-electron chi connectivity index (χ3n) is 7.34. The van der Waals surface area contributed by atoms with Crippen molar-refractivity contribution in [3.63, 3.8) is 0 Å². The van der Waals surface area contributed by atoms with Gasteiger partial charge in [0.2, 0.25) is 5.91 Å². The quantitative estimate of drug-likeness (QED) is 0.0579. The van der Waals surface area contributed by atoms with Gasteiger partial charge in [0.1, 0.15) is 49.0 Å². The van der Waals surface area contributed by atoms with E-state index in [4.69, 9.17) is 34.5 Å². The highest BCUT2D eigenvalue weighted by atomic mass is 33.1. The van der Waals surface area contributed by atoms with Gasteiger partial charge in [-0.2, -0.15) is 4.31 Å². The lowest BCUT2D eigenvalue weighted by Gasteiger charge is -2.29. The largest absolute Gasteiger partial charge is 0.481 e. The fourth-order valence-corrected chi connectivity index (χ4v) is 8.88. The zero-order valence-electron chi connectivity index (χ0n) is 24.9. The Morgan fingerprint density at radius 1 is 1.08 bits per heavy atom. The number of thiol groups is 1. The zero-order valence-corrected chi connectivity index (χ0v) is 29.2. The molecule has 2 unspecified atom stereocenters. The summed E-state index contributed by atoms with van der Waals surface area (Å²) in [5.41, 5.74) is 11.2. The average molecular weight is 810 g/mol. The number of phosphoric acid groups is 3. The van der Waals surface area contributed by atoms with E-state index in [2.05, 4.69) is 30.9 Å². The average Bonchev–Trinajstić information content (AvgIpc) is 3.67. The molecule has 3 aliphatic rings. The minimum Gasteiger partial charge on any atom is -0.387 e. The molecule has 0 radical (unpaired) electrons. The van der Waals surface area contributed by atoms with Gasteiger partial charge >= 0.3 is 23.5 Å². The second-order valence-corrected chi connectivity index (χ2v) is 16.3. The SMILES string of the molecule is NC(=O)C1=CN([C@@H]2O[C@H](COP(=O)(O)OP(=O)(O)OC[C@]3(SS)O[C@@H](n4cnc5c(N)ncnc54)[C@H](OP(=O)(O)O)[C@H]3O)[C@@H](O)[C@H]2O)C=CC1. The predicted molar refractivity (Wildman–Crippen MR) is 168 cm³/mol. The number of anilines is 1. The Kier molecular flexibility index (Phi) is 11.6. The van der Waals surface area contributed by atoms with Crippen molar-refractivity contribution in [3.8, 4) is 0 Å². The van der Waals surface area contributed by atoms with Gasteiger partial charge in [-0.15, -0.1) is 11.7 Å². The van der Waals surface area contributed by atoms with Gasteiger partial charge in [-0.3, -0.25) is 22.9 Å². The number of aromatic nitrogens is 4. The molecule has 278 valence electrons. The van der Waals surface area contributed by atoms with E-state index in [0.717, 1.165) is 17.2 Å². The second-order valence-electron chi connectivity index (χ2n) is 10.7. The molecule has 11 N–H and O–H groups in total. The van der Waals surface area contributed by atoms with Gasteiger partial charge in [0, 0.05) is 18.0 Å². The van der Waals surface area contributed by atoms with Crippen molar-refractivity contribution >= 4 is 68.8 Å². The number of amides is 1. The number of allylic oxidation sites excluding steroid dienone is 1. The zero-order chi connectivity index (χ0) is 36.8. The van der Waals surface area contributed by atoms with Crippen LogP contribution in [-0.4, -0.2) is 120 Å². The van der Waals surface area contributed by atoms with Crippen molar-refractivity contribution in [2.75, 3.05) is 18.9 Å². The van der Waals surface area contributed by atoms with Gasteiger partial charge in [0.05, 0.1) is 12.9 Å². The maximum absolute atomic E-state index is 12.8. The van der Waals surface area contributed by atoms with E-state index in [1.807, 2.05) is 0 Å². The van der Waals surface area contributed by atoms with E-state index in [0.29, 0.717) is 10.8 Å². The Morgan fingerprint density at radius 2 is 1.78 bits per heavy atom. The number of nitrogens with two attached hydrogens (primary N) is 2. The molecule has 2 aromatic rings. The first-order valence-corrected chi connectivity index (χ1v) is 20.1. The molecule has 0 spiro atoms. The number of rotatable bonds is 14. The number of ether oxygens (including phenoxy) is 2. The third-order valence-corrected chi connectivity index (χ3v) is 12.1. The van der Waals surface area contributed by atoms with Crippen molar-refractivity contribution < 1.29 is 80.7 Å². The van der Waals surface area contributed by atoms with Crippen molar-refractivity contribution in [1.82, 2.24) is 24.4 Å². The smallest absolute Gasteiger partial charge is 0.387 e. The van der Waals surface area contributed by atoms with Crippen LogP contribution in [0, 0.1) is 0 Å². The summed E-state index contributed by atoms with van der Waals surface area (Å²) in [6.07, 6.45) is -5.26. The summed E-state index contributed by atoms with van der Waals surface area (Å²) in [6.45, 7) is -2.17. The molecule has 50 heavy (non-hydrogen) atoms. The van der Waals surface area contributed by atoms with E-state index in [9.17, 15) is 53.4 Å². The maximum Gasteiger partial charge on any atom is 0.481 e. The number of hydrogen-bond donors (Lipinski definition) is 10. The highest BCUT2D eigenvalue weighted by Crippen LogP contribution is 2.62. The number of carbonyl (C=O) groups excluding carboxylic acids is 1. The van der Waals surface area contributed by atoms with Gasteiger partial charge in [-0.25, -0.2) is 28.6 Å². The Labute approximate surface area is 289 Å². The normalized spacial score (nSPS) is 32.6. The topological polar surface area (TPSA) is 364 Å². The molecule has 2 aromatic heterocycles. The van der Waals surface area contributed by atoms with Gasteiger partial charge in [-0.05, 0) is 6.42 Å². The van der Waals surface area contributed by atoms with Crippen molar-refractivity contribution in [3.05, 3.63) is 36.7 Å². The monoisotopic (exact) mass is 809 g/mol. The number of nitrogen functional groups attached to an aromatic ring is 1. The molecule has 2 saturated heterocycles. The van der Waals surface area contributed by atoms with Gasteiger partial charge in [0.15, 0.2) is 28.9 Å². The fraction of sp³-hybridized carbons (Fsp3) is 0.524. The lowest BCUT2D eigenvalue weighted by atomic mass is 10.1. The molecular formula is C21H30N7O17P3S2. The highest BCUT2D eigenvalue weighted by Gasteiger charge is 2.59. The molecule has 24 nitrogen and oxygen atoms in total. The van der Waals surface area contributed by atoms with Crippen molar-refractivity contribution in [2.24, 2.45) is 5.73 Å². The van der Waals surface area contributed by atoms with E-state index in [-0.39, 0.29) is 29.0 Å². The Morgan fingerprint density at radius 3 is 2.44 bits per heavy atom. The molecule has 5 heterocycles. The number of aliphatic hydroxyl groups excluding tert-OH is 3. The summed E-state index contributed by atoms with van der Waals surface area (Å²) in [4.78, 5) is 61.8. The van der Waals surface area contributed by atoms with Crippen LogP contribution in [0.1, 0.15) is 12.6 Å². The van der Waals surface area contributed by atoms with E-state index >= 15 is 0 Å². The van der Waals surface area contributed by atoms with Gasteiger partial charge in [0.25, 0.3) is 0 Å². The van der Waals surface area contributed by atoms with Gasteiger partial charge < -0.3 is 60.7 Å². The first-order valence-electron chi connectivity index (χ1n) is 13.7. The first kappa shape index (κ1) is 39.2. The number of phosphoric ester groups is 3. The maximum atomic E-state index is 12.8. The molecule has 10 atom stereocenters.